The topological polar surface area (TPSA) is 91.0 Å². The highest BCUT2D eigenvalue weighted by Gasteiger charge is 2.41. The van der Waals surface area contributed by atoms with Crippen LogP contribution in [0, 0.1) is 0 Å². The van der Waals surface area contributed by atoms with Crippen LogP contribution in [0.3, 0.4) is 0 Å². The molecule has 0 spiro atoms. The highest BCUT2D eigenvalue weighted by Crippen LogP contribution is 2.22. The Labute approximate surface area is 245 Å². The van der Waals surface area contributed by atoms with E-state index in [1.54, 1.807) is 20.8 Å². The van der Waals surface area contributed by atoms with Crippen molar-refractivity contribution in [2.24, 2.45) is 0 Å². The number of allylic oxidation sites excluding steroid dienone is 2. The van der Waals surface area contributed by atoms with Gasteiger partial charge < -0.3 is 20.3 Å². The minimum atomic E-state index is -0.659. The second-order valence-electron chi connectivity index (χ2n) is 12.6. The molecule has 0 radical (unpaired) electrons. The molecule has 2 atom stereocenters. The molecule has 8 heteroatoms. The molecule has 0 bridgehead atoms. The van der Waals surface area contributed by atoms with Crippen molar-refractivity contribution in [3.05, 3.63) is 12.2 Å². The van der Waals surface area contributed by atoms with E-state index in [4.69, 9.17) is 4.74 Å². The molecule has 0 aliphatic carbocycles. The van der Waals surface area contributed by atoms with Gasteiger partial charge in [0.25, 0.3) is 0 Å². The maximum absolute atomic E-state index is 12.9. The quantitative estimate of drug-likeness (QED) is 0.136. The fourth-order valence-electron chi connectivity index (χ4n) is 4.89. The minimum Gasteiger partial charge on any atom is -0.444 e. The molecule has 0 saturated carbocycles. The minimum absolute atomic E-state index is 0.0135. The first kappa shape index (κ1) is 35.9. The summed E-state index contributed by atoms with van der Waals surface area (Å²) in [5, 5.41) is 5.96. The third-order valence-electron chi connectivity index (χ3n) is 7.12. The molecule has 1 fully saturated rings. The summed E-state index contributed by atoms with van der Waals surface area (Å²) in [6.07, 6.45) is 20.9. The lowest BCUT2D eigenvalue weighted by molar-refractivity contribution is -0.125. The molecule has 1 saturated heterocycles. The van der Waals surface area contributed by atoms with E-state index in [1.807, 2.05) is 19.0 Å². The Morgan fingerprint density at radius 3 is 2.05 bits per heavy atom. The van der Waals surface area contributed by atoms with E-state index in [9.17, 15) is 14.4 Å². The van der Waals surface area contributed by atoms with Crippen LogP contribution in [-0.2, 0) is 14.3 Å². The second-order valence-corrected chi connectivity index (χ2v) is 12.6. The van der Waals surface area contributed by atoms with Gasteiger partial charge in [0.1, 0.15) is 11.6 Å². The van der Waals surface area contributed by atoms with Gasteiger partial charge in [0.2, 0.25) is 11.8 Å². The van der Waals surface area contributed by atoms with E-state index in [0.29, 0.717) is 25.9 Å². The Hall–Kier alpha value is -2.09. The molecule has 1 aliphatic heterocycles. The predicted octanol–water partition coefficient (Wildman–Crippen LogP) is 6.20. The summed E-state index contributed by atoms with van der Waals surface area (Å²) in [5.74, 6) is -0.220. The Morgan fingerprint density at radius 2 is 1.48 bits per heavy atom. The number of carbonyl (C=O) groups excluding carboxylic acids is 3. The number of unbranched alkanes of at least 4 members (excludes halogenated alkanes) is 11. The number of hydrogen-bond acceptors (Lipinski definition) is 5. The van der Waals surface area contributed by atoms with Gasteiger partial charge in [0.05, 0.1) is 0 Å². The number of carbonyl (C=O) groups is 3. The molecule has 1 aliphatic rings. The zero-order chi connectivity index (χ0) is 29.8. The number of likely N-dealkylation sites (N-methyl/N-ethyl adjacent to an activating group) is 1. The molecule has 40 heavy (non-hydrogen) atoms. The molecule has 1 heterocycles. The molecule has 1 rings (SSSR count). The smallest absolute Gasteiger partial charge is 0.411 e. The van der Waals surface area contributed by atoms with Crippen molar-refractivity contribution < 1.29 is 19.1 Å². The van der Waals surface area contributed by atoms with Gasteiger partial charge in [-0.3, -0.25) is 14.5 Å². The average molecular weight is 565 g/mol. The average Bonchev–Trinajstić information content (AvgIpc) is 3.29. The number of nitrogens with one attached hydrogen (secondary N) is 2. The molecule has 232 valence electrons. The zero-order valence-electron chi connectivity index (χ0n) is 26.6. The highest BCUT2D eigenvalue weighted by molar-refractivity contribution is 5.87. The summed E-state index contributed by atoms with van der Waals surface area (Å²) in [6.45, 7) is 9.16. The van der Waals surface area contributed by atoms with Crippen LogP contribution in [0.2, 0.25) is 0 Å². The Kier molecular flexibility index (Phi) is 18.6. The van der Waals surface area contributed by atoms with Crippen molar-refractivity contribution in [3.8, 4) is 0 Å². The number of hydrogen-bond donors (Lipinski definition) is 2. The van der Waals surface area contributed by atoms with Crippen molar-refractivity contribution in [2.45, 2.75) is 142 Å². The van der Waals surface area contributed by atoms with Gasteiger partial charge in [-0.25, -0.2) is 4.79 Å². The zero-order valence-corrected chi connectivity index (χ0v) is 26.6. The maximum atomic E-state index is 12.9. The van der Waals surface area contributed by atoms with Crippen molar-refractivity contribution in [2.75, 3.05) is 33.7 Å². The van der Waals surface area contributed by atoms with Gasteiger partial charge in [0, 0.05) is 32.1 Å². The van der Waals surface area contributed by atoms with E-state index >= 15 is 0 Å². The van der Waals surface area contributed by atoms with E-state index in [-0.39, 0.29) is 24.4 Å². The van der Waals surface area contributed by atoms with Crippen LogP contribution >= 0.6 is 0 Å². The third kappa shape index (κ3) is 17.6. The first-order valence-corrected chi connectivity index (χ1v) is 15.9. The van der Waals surface area contributed by atoms with Gasteiger partial charge in [-0.15, -0.1) is 0 Å². The summed E-state index contributed by atoms with van der Waals surface area (Å²) >= 11 is 0. The number of likely N-dealkylation sites (tertiary alicyclic amines) is 1. The molecular formula is C32H60N4O4. The van der Waals surface area contributed by atoms with E-state index in [2.05, 4.69) is 29.7 Å². The van der Waals surface area contributed by atoms with Crippen molar-refractivity contribution in [1.29, 1.82) is 0 Å². The van der Waals surface area contributed by atoms with Gasteiger partial charge in [-0.2, -0.15) is 0 Å². The van der Waals surface area contributed by atoms with Crippen LogP contribution in [-0.4, -0.2) is 79.1 Å². The van der Waals surface area contributed by atoms with Gasteiger partial charge >= 0.3 is 6.09 Å². The normalized spacial score (nSPS) is 17.5. The maximum Gasteiger partial charge on any atom is 0.411 e. The Bertz CT molecular complexity index is 748. The lowest BCUT2D eigenvalue weighted by atomic mass is 10.1. The van der Waals surface area contributed by atoms with Gasteiger partial charge in [-0.05, 0) is 73.4 Å². The molecular weight excluding hydrogens is 504 g/mol. The molecule has 8 nitrogen and oxygen atoms in total. The number of rotatable bonds is 20. The standard InChI is InChI=1S/C32H60N4O4/c1-7-8-9-10-11-12-13-14-15-16-17-18-19-20-21-22-29(37)34-27-25-28(30(38)33-23-24-35(5)6)36(26-27)31(39)40-32(2,3)4/h14-15,27-28H,7-13,16-26H2,1-6H3,(H,33,38)(H,34,37)/b15-14-/t27-,28-/m0/s1. The van der Waals surface area contributed by atoms with Gasteiger partial charge in [0.15, 0.2) is 0 Å². The first-order valence-electron chi connectivity index (χ1n) is 15.9. The fraction of sp³-hybridized carbons (Fsp3) is 0.844. The number of ether oxygens (including phenoxy) is 1. The fourth-order valence-corrected chi connectivity index (χ4v) is 4.89. The summed E-state index contributed by atoms with van der Waals surface area (Å²) in [5.41, 5.74) is -0.659. The van der Waals surface area contributed by atoms with Crippen LogP contribution in [0.5, 0.6) is 0 Å². The molecule has 2 N–H and O–H groups in total. The molecule has 0 aromatic heterocycles. The van der Waals surface area contributed by atoms with Crippen LogP contribution in [0.1, 0.15) is 124 Å². The van der Waals surface area contributed by atoms with Crippen LogP contribution in [0.15, 0.2) is 12.2 Å². The lowest BCUT2D eigenvalue weighted by Crippen LogP contribution is -2.48. The summed E-state index contributed by atoms with van der Waals surface area (Å²) in [4.78, 5) is 41.7. The predicted molar refractivity (Wildman–Crippen MR) is 164 cm³/mol. The van der Waals surface area contributed by atoms with Crippen molar-refractivity contribution >= 4 is 17.9 Å². The van der Waals surface area contributed by atoms with E-state index in [1.165, 1.54) is 62.7 Å². The SMILES string of the molecule is CCCCCCCC/C=C\CCCCCCCC(=O)N[C@H]1C[C@@H](C(=O)NCCN(C)C)N(C(=O)OC(C)(C)C)C1. The lowest BCUT2D eigenvalue weighted by Gasteiger charge is -2.28. The summed E-state index contributed by atoms with van der Waals surface area (Å²) in [7, 11) is 3.88. The van der Waals surface area contributed by atoms with Gasteiger partial charge in [-0.1, -0.05) is 70.4 Å². The third-order valence-corrected chi connectivity index (χ3v) is 7.12. The molecule has 0 unspecified atom stereocenters. The highest BCUT2D eigenvalue weighted by atomic mass is 16.6. The summed E-state index contributed by atoms with van der Waals surface area (Å²) in [6, 6.07) is -0.907. The summed E-state index contributed by atoms with van der Waals surface area (Å²) < 4.78 is 5.54. The van der Waals surface area contributed by atoms with Crippen LogP contribution in [0.25, 0.3) is 0 Å². The molecule has 0 aromatic rings. The van der Waals surface area contributed by atoms with E-state index < -0.39 is 17.7 Å². The molecule has 0 aromatic carbocycles. The number of amides is 3. The largest absolute Gasteiger partial charge is 0.444 e. The molecule has 3 amide bonds. The first-order chi connectivity index (χ1) is 19.0. The van der Waals surface area contributed by atoms with E-state index in [0.717, 1.165) is 25.7 Å². The van der Waals surface area contributed by atoms with Crippen LogP contribution in [0.4, 0.5) is 4.79 Å². The Balaban J connectivity index is 2.29. The van der Waals surface area contributed by atoms with Crippen molar-refractivity contribution in [3.63, 3.8) is 0 Å². The number of nitrogens with zero attached hydrogens (tertiary/aromatic N) is 2. The van der Waals surface area contributed by atoms with Crippen molar-refractivity contribution in [1.82, 2.24) is 20.4 Å². The Morgan fingerprint density at radius 1 is 0.900 bits per heavy atom. The monoisotopic (exact) mass is 564 g/mol. The second kappa shape index (κ2) is 20.7. The van der Waals surface area contributed by atoms with Crippen LogP contribution < -0.4 is 10.6 Å².